The van der Waals surface area contributed by atoms with Gasteiger partial charge in [0.1, 0.15) is 11.0 Å². The van der Waals surface area contributed by atoms with Gasteiger partial charge >= 0.3 is 0 Å². The predicted molar refractivity (Wildman–Crippen MR) is 95.7 cm³/mol. The molecule has 1 saturated heterocycles. The van der Waals surface area contributed by atoms with Gasteiger partial charge in [0.05, 0.1) is 6.54 Å². The van der Waals surface area contributed by atoms with Gasteiger partial charge in [-0.05, 0) is 17.7 Å². The van der Waals surface area contributed by atoms with Crippen LogP contribution in [0.3, 0.4) is 0 Å². The fourth-order valence-corrected chi connectivity index (χ4v) is 3.25. The topological polar surface area (TPSA) is 37.2 Å². The van der Waals surface area contributed by atoms with Crippen molar-refractivity contribution in [3.63, 3.8) is 0 Å². The van der Waals surface area contributed by atoms with Gasteiger partial charge < -0.3 is 0 Å². The molecule has 1 fully saturated rings. The summed E-state index contributed by atoms with van der Waals surface area (Å²) in [6, 6.07) is 18.8. The molecule has 1 aromatic heterocycles. The van der Waals surface area contributed by atoms with Gasteiger partial charge in [-0.2, -0.15) is 15.0 Å². The van der Waals surface area contributed by atoms with Crippen LogP contribution >= 0.6 is 0 Å². The van der Waals surface area contributed by atoms with Crippen molar-refractivity contribution < 1.29 is 0 Å². The van der Waals surface area contributed by atoms with Crippen molar-refractivity contribution in [1.29, 1.82) is 0 Å². The second kappa shape index (κ2) is 7.11. The van der Waals surface area contributed by atoms with Gasteiger partial charge in [0.15, 0.2) is 0 Å². The summed E-state index contributed by atoms with van der Waals surface area (Å²) in [5.74, 6) is 0. The summed E-state index contributed by atoms with van der Waals surface area (Å²) in [6.07, 6.45) is 0. The van der Waals surface area contributed by atoms with Crippen LogP contribution in [0.4, 0.5) is 0 Å². The van der Waals surface area contributed by atoms with Crippen molar-refractivity contribution in [2.45, 2.75) is 13.1 Å². The monoisotopic (exact) mass is 321 g/mol. The summed E-state index contributed by atoms with van der Waals surface area (Å²) >= 11 is 0. The first-order valence-corrected chi connectivity index (χ1v) is 8.65. The Morgan fingerprint density at radius 2 is 1.25 bits per heavy atom. The normalized spacial score (nSPS) is 16.7. The maximum atomic E-state index is 4.54. The first kappa shape index (κ1) is 15.3. The van der Waals surface area contributed by atoms with Crippen molar-refractivity contribution in [3.05, 3.63) is 60.2 Å². The number of aromatic nitrogens is 3. The highest BCUT2D eigenvalue weighted by atomic mass is 15.5. The van der Waals surface area contributed by atoms with Crippen molar-refractivity contribution >= 4 is 11.0 Å². The van der Waals surface area contributed by atoms with Crippen molar-refractivity contribution in [3.8, 4) is 0 Å². The molecule has 0 saturated carbocycles. The average molecular weight is 321 g/mol. The molecular weight excluding hydrogens is 298 g/mol. The molecule has 0 aliphatic carbocycles. The molecule has 24 heavy (non-hydrogen) atoms. The molecule has 0 radical (unpaired) electrons. The lowest BCUT2D eigenvalue weighted by Gasteiger charge is -2.34. The molecule has 4 rings (SSSR count). The summed E-state index contributed by atoms with van der Waals surface area (Å²) < 4.78 is 0. The summed E-state index contributed by atoms with van der Waals surface area (Å²) in [5.41, 5.74) is 3.36. The van der Waals surface area contributed by atoms with Gasteiger partial charge in [0, 0.05) is 39.3 Å². The van der Waals surface area contributed by atoms with Crippen LogP contribution in [0.2, 0.25) is 0 Å². The standard InChI is InChI=1S/C19H23N5/c1-2-6-17(7-3-1)16-23-12-10-22(11-13-23)14-15-24-20-18-8-4-5-9-19(18)21-24/h1-9H,10-16H2. The largest absolute Gasteiger partial charge is 0.299 e. The van der Waals surface area contributed by atoms with E-state index in [0.29, 0.717) is 0 Å². The van der Waals surface area contributed by atoms with Gasteiger partial charge in [-0.25, -0.2) is 0 Å². The number of rotatable bonds is 5. The predicted octanol–water partition coefficient (Wildman–Crippen LogP) is 2.25. The van der Waals surface area contributed by atoms with Gasteiger partial charge in [-0.1, -0.05) is 42.5 Å². The molecule has 1 aliphatic rings. The molecule has 0 amide bonds. The molecule has 0 unspecified atom stereocenters. The maximum Gasteiger partial charge on any atom is 0.113 e. The molecule has 0 atom stereocenters. The zero-order valence-corrected chi connectivity index (χ0v) is 13.9. The van der Waals surface area contributed by atoms with Gasteiger partial charge in [-0.3, -0.25) is 9.80 Å². The third-order valence-corrected chi connectivity index (χ3v) is 4.66. The lowest BCUT2D eigenvalue weighted by atomic mass is 10.2. The van der Waals surface area contributed by atoms with E-state index in [2.05, 4.69) is 50.3 Å². The van der Waals surface area contributed by atoms with E-state index in [0.717, 1.165) is 56.8 Å². The number of hydrogen-bond donors (Lipinski definition) is 0. The molecule has 0 N–H and O–H groups in total. The number of hydrogen-bond acceptors (Lipinski definition) is 4. The van der Waals surface area contributed by atoms with Crippen LogP contribution in [0.1, 0.15) is 5.56 Å². The number of piperazine rings is 1. The van der Waals surface area contributed by atoms with Crippen LogP contribution in [-0.4, -0.2) is 57.5 Å². The second-order valence-electron chi connectivity index (χ2n) is 6.39. The first-order chi connectivity index (χ1) is 11.9. The Morgan fingerprint density at radius 3 is 1.92 bits per heavy atom. The summed E-state index contributed by atoms with van der Waals surface area (Å²) in [6.45, 7) is 7.42. The zero-order valence-electron chi connectivity index (χ0n) is 13.9. The lowest BCUT2D eigenvalue weighted by Crippen LogP contribution is -2.46. The van der Waals surface area contributed by atoms with E-state index in [-0.39, 0.29) is 0 Å². The Morgan fingerprint density at radius 1 is 0.667 bits per heavy atom. The molecule has 1 aliphatic heterocycles. The molecule has 2 aromatic carbocycles. The molecule has 2 heterocycles. The molecule has 3 aromatic rings. The fraction of sp³-hybridized carbons (Fsp3) is 0.368. The number of benzene rings is 2. The van der Waals surface area contributed by atoms with Crippen molar-refractivity contribution in [2.75, 3.05) is 32.7 Å². The third-order valence-electron chi connectivity index (χ3n) is 4.66. The van der Waals surface area contributed by atoms with E-state index < -0.39 is 0 Å². The highest BCUT2D eigenvalue weighted by molar-refractivity contribution is 5.72. The quantitative estimate of drug-likeness (QED) is 0.722. The third kappa shape index (κ3) is 3.63. The maximum absolute atomic E-state index is 4.54. The Kier molecular flexibility index (Phi) is 4.53. The molecule has 124 valence electrons. The van der Waals surface area contributed by atoms with Gasteiger partial charge in [0.2, 0.25) is 0 Å². The Hall–Kier alpha value is -2.24. The van der Waals surface area contributed by atoms with Gasteiger partial charge in [-0.15, -0.1) is 0 Å². The van der Waals surface area contributed by atoms with E-state index in [9.17, 15) is 0 Å². The molecular formula is C19H23N5. The van der Waals surface area contributed by atoms with Crippen molar-refractivity contribution in [1.82, 2.24) is 24.8 Å². The molecule has 5 nitrogen and oxygen atoms in total. The van der Waals surface area contributed by atoms with Crippen LogP contribution in [0.5, 0.6) is 0 Å². The van der Waals surface area contributed by atoms with Gasteiger partial charge in [0.25, 0.3) is 0 Å². The average Bonchev–Trinajstić information content (AvgIpc) is 3.05. The van der Waals surface area contributed by atoms with Crippen LogP contribution in [0.15, 0.2) is 54.6 Å². The summed E-state index contributed by atoms with van der Waals surface area (Å²) in [4.78, 5) is 6.88. The Labute approximate surface area is 142 Å². The number of nitrogens with zero attached hydrogens (tertiary/aromatic N) is 5. The van der Waals surface area contributed by atoms with E-state index in [1.54, 1.807) is 0 Å². The minimum atomic E-state index is 0.855. The van der Waals surface area contributed by atoms with Crippen molar-refractivity contribution in [2.24, 2.45) is 0 Å². The highest BCUT2D eigenvalue weighted by Gasteiger charge is 2.17. The first-order valence-electron chi connectivity index (χ1n) is 8.65. The Bertz CT molecular complexity index is 742. The Balaban J connectivity index is 1.26. The van der Waals surface area contributed by atoms with Crippen LogP contribution in [-0.2, 0) is 13.1 Å². The fourth-order valence-electron chi connectivity index (χ4n) is 3.25. The molecule has 5 heteroatoms. The second-order valence-corrected chi connectivity index (χ2v) is 6.39. The SMILES string of the molecule is c1ccc(CN2CCN(CCn3nc4ccccc4n3)CC2)cc1. The van der Waals surface area contributed by atoms with E-state index in [4.69, 9.17) is 0 Å². The highest BCUT2D eigenvalue weighted by Crippen LogP contribution is 2.09. The minimum absolute atomic E-state index is 0.855. The zero-order chi connectivity index (χ0) is 16.2. The van der Waals surface area contributed by atoms with E-state index in [1.807, 2.05) is 29.1 Å². The van der Waals surface area contributed by atoms with E-state index in [1.165, 1.54) is 5.56 Å². The van der Waals surface area contributed by atoms with Crippen LogP contribution in [0.25, 0.3) is 11.0 Å². The van der Waals surface area contributed by atoms with Crippen LogP contribution in [0, 0.1) is 0 Å². The summed E-state index contributed by atoms with van der Waals surface area (Å²) in [7, 11) is 0. The summed E-state index contributed by atoms with van der Waals surface area (Å²) in [5, 5.41) is 9.07. The molecule has 0 bridgehead atoms. The van der Waals surface area contributed by atoms with E-state index >= 15 is 0 Å². The van der Waals surface area contributed by atoms with Crippen LogP contribution < -0.4 is 0 Å². The number of fused-ring (bicyclic) bond motifs is 1. The molecule has 0 spiro atoms. The smallest absolute Gasteiger partial charge is 0.113 e. The minimum Gasteiger partial charge on any atom is -0.299 e. The lowest BCUT2D eigenvalue weighted by molar-refractivity contribution is 0.122.